The third-order valence-corrected chi connectivity index (χ3v) is 4.57. The van der Waals surface area contributed by atoms with Crippen molar-refractivity contribution >= 4 is 23.6 Å². The van der Waals surface area contributed by atoms with Gasteiger partial charge in [-0.3, -0.25) is 9.59 Å². The molecule has 1 amide bonds. The fraction of sp³-hybridized carbons (Fsp3) is 0.222. The molecule has 0 bridgehead atoms. The highest BCUT2D eigenvalue weighted by Gasteiger charge is 2.52. The Morgan fingerprint density at radius 1 is 1.22 bits per heavy atom. The number of hydrogen-bond donors (Lipinski definition) is 2. The van der Waals surface area contributed by atoms with E-state index in [0.717, 1.165) is 30.3 Å². The van der Waals surface area contributed by atoms with Crippen LogP contribution in [0.4, 0.5) is 15.8 Å². The number of carbonyl (C=O) groups is 2. The minimum atomic E-state index is -0.398. The van der Waals surface area contributed by atoms with Crippen molar-refractivity contribution in [1.82, 2.24) is 5.32 Å². The zero-order valence-corrected chi connectivity index (χ0v) is 12.6. The lowest BCUT2D eigenvalue weighted by Gasteiger charge is -2.13. The molecule has 1 saturated carbocycles. The number of halogens is 1. The highest BCUT2D eigenvalue weighted by Crippen LogP contribution is 2.51. The van der Waals surface area contributed by atoms with Crippen LogP contribution in [0, 0.1) is 12.7 Å². The Balaban J connectivity index is 1.78. The zero-order valence-electron chi connectivity index (χ0n) is 12.6. The molecule has 2 aromatic carbocycles. The molecule has 1 fully saturated rings. The topological polar surface area (TPSA) is 58.2 Å². The molecule has 0 saturated heterocycles. The predicted molar refractivity (Wildman–Crippen MR) is 84.6 cm³/mol. The second-order valence-electron chi connectivity index (χ2n) is 6.25. The van der Waals surface area contributed by atoms with Crippen molar-refractivity contribution in [1.29, 1.82) is 0 Å². The average molecular weight is 310 g/mol. The SMILES string of the molecule is Cc1ccc(Nc2cc3c(cc2C=O)C2(CC2)NC3=O)c(F)c1. The number of hydrogen-bond acceptors (Lipinski definition) is 3. The van der Waals surface area contributed by atoms with E-state index in [2.05, 4.69) is 10.6 Å². The monoisotopic (exact) mass is 310 g/mol. The molecule has 1 aliphatic carbocycles. The van der Waals surface area contributed by atoms with Gasteiger partial charge >= 0.3 is 0 Å². The van der Waals surface area contributed by atoms with E-state index in [9.17, 15) is 14.0 Å². The molecule has 5 heteroatoms. The lowest BCUT2D eigenvalue weighted by Crippen LogP contribution is -2.25. The molecule has 0 atom stereocenters. The summed E-state index contributed by atoms with van der Waals surface area (Å²) in [6, 6.07) is 8.20. The summed E-state index contributed by atoms with van der Waals surface area (Å²) in [7, 11) is 0. The van der Waals surface area contributed by atoms with Gasteiger partial charge in [-0.25, -0.2) is 4.39 Å². The van der Waals surface area contributed by atoms with Crippen molar-refractivity contribution in [3.63, 3.8) is 0 Å². The molecule has 0 aromatic heterocycles. The van der Waals surface area contributed by atoms with E-state index in [1.165, 1.54) is 6.07 Å². The van der Waals surface area contributed by atoms with Crippen LogP contribution in [0.1, 0.15) is 44.7 Å². The van der Waals surface area contributed by atoms with E-state index in [1.54, 1.807) is 31.2 Å². The summed E-state index contributed by atoms with van der Waals surface area (Å²) < 4.78 is 14.0. The first kappa shape index (κ1) is 13.9. The van der Waals surface area contributed by atoms with Crippen molar-refractivity contribution in [2.45, 2.75) is 25.3 Å². The molecule has 1 spiro atoms. The Hall–Kier alpha value is -2.69. The molecular weight excluding hydrogens is 295 g/mol. The number of carbonyl (C=O) groups excluding carboxylic acids is 2. The molecule has 2 aromatic rings. The molecule has 23 heavy (non-hydrogen) atoms. The lowest BCUT2D eigenvalue weighted by atomic mass is 9.98. The highest BCUT2D eigenvalue weighted by molar-refractivity contribution is 6.03. The fourth-order valence-corrected chi connectivity index (χ4v) is 3.14. The maximum atomic E-state index is 14.0. The van der Waals surface area contributed by atoms with Crippen molar-refractivity contribution in [3.05, 3.63) is 58.4 Å². The number of nitrogens with one attached hydrogen (secondary N) is 2. The van der Waals surface area contributed by atoms with Gasteiger partial charge in [0.25, 0.3) is 5.91 Å². The second kappa shape index (κ2) is 4.65. The van der Waals surface area contributed by atoms with E-state index < -0.39 is 5.82 Å². The fourth-order valence-electron chi connectivity index (χ4n) is 3.14. The number of anilines is 2. The van der Waals surface area contributed by atoms with Gasteiger partial charge in [-0.15, -0.1) is 0 Å². The summed E-state index contributed by atoms with van der Waals surface area (Å²) in [5.74, 6) is -0.534. The van der Waals surface area contributed by atoms with Crippen LogP contribution in [-0.2, 0) is 5.54 Å². The Bertz CT molecular complexity index is 856. The number of fused-ring (bicyclic) bond motifs is 2. The molecule has 0 radical (unpaired) electrons. The summed E-state index contributed by atoms with van der Waals surface area (Å²) in [4.78, 5) is 23.6. The van der Waals surface area contributed by atoms with Crippen LogP contribution < -0.4 is 10.6 Å². The summed E-state index contributed by atoms with van der Waals surface area (Å²) in [6.07, 6.45) is 2.51. The van der Waals surface area contributed by atoms with Crippen LogP contribution in [-0.4, -0.2) is 12.2 Å². The van der Waals surface area contributed by atoms with Gasteiger partial charge in [0.2, 0.25) is 0 Å². The first-order valence-corrected chi connectivity index (χ1v) is 7.52. The molecule has 4 nitrogen and oxygen atoms in total. The molecule has 2 aliphatic rings. The van der Waals surface area contributed by atoms with Crippen LogP contribution in [0.5, 0.6) is 0 Å². The summed E-state index contributed by atoms with van der Waals surface area (Å²) in [6.45, 7) is 1.80. The van der Waals surface area contributed by atoms with Crippen molar-refractivity contribution in [2.75, 3.05) is 5.32 Å². The highest BCUT2D eigenvalue weighted by atomic mass is 19.1. The van der Waals surface area contributed by atoms with Crippen molar-refractivity contribution in [2.24, 2.45) is 0 Å². The largest absolute Gasteiger partial charge is 0.353 e. The Kier molecular flexibility index (Phi) is 2.82. The van der Waals surface area contributed by atoms with Crippen LogP contribution in [0.2, 0.25) is 0 Å². The van der Waals surface area contributed by atoms with E-state index in [1.807, 2.05) is 0 Å². The zero-order chi connectivity index (χ0) is 16.2. The normalized spacial score (nSPS) is 16.9. The number of aryl methyl sites for hydroxylation is 1. The molecule has 0 unspecified atom stereocenters. The Labute approximate surface area is 132 Å². The van der Waals surface area contributed by atoms with Crippen molar-refractivity contribution in [3.8, 4) is 0 Å². The van der Waals surface area contributed by atoms with Gasteiger partial charge < -0.3 is 10.6 Å². The third kappa shape index (κ3) is 2.11. The molecule has 2 N–H and O–H groups in total. The minimum absolute atomic E-state index is 0.137. The number of amides is 1. The second-order valence-corrected chi connectivity index (χ2v) is 6.25. The predicted octanol–water partition coefficient (Wildman–Crippen LogP) is 3.42. The first-order valence-electron chi connectivity index (χ1n) is 7.52. The summed E-state index contributed by atoms with van der Waals surface area (Å²) in [5, 5.41) is 5.90. The molecule has 1 heterocycles. The average Bonchev–Trinajstić information content (AvgIpc) is 3.24. The van der Waals surface area contributed by atoms with Crippen molar-refractivity contribution < 1.29 is 14.0 Å². The van der Waals surface area contributed by atoms with Gasteiger partial charge in [-0.05, 0) is 55.2 Å². The van der Waals surface area contributed by atoms with E-state index in [-0.39, 0.29) is 17.1 Å². The lowest BCUT2D eigenvalue weighted by molar-refractivity contribution is 0.0952. The number of aldehydes is 1. The molecule has 116 valence electrons. The van der Waals surface area contributed by atoms with E-state index in [0.29, 0.717) is 16.8 Å². The van der Waals surface area contributed by atoms with Gasteiger partial charge in [-0.2, -0.15) is 0 Å². The minimum Gasteiger partial charge on any atom is -0.353 e. The maximum Gasteiger partial charge on any atom is 0.252 e. The standard InChI is InChI=1S/C18H15FN2O2/c1-10-2-3-15(14(19)6-10)20-16-8-12-13(7-11(16)9-22)18(4-5-18)21-17(12)23/h2-3,6-9,20H,4-5H2,1H3,(H,21,23). The van der Waals surface area contributed by atoms with E-state index >= 15 is 0 Å². The molecular formula is C18H15FN2O2. The Morgan fingerprint density at radius 3 is 2.65 bits per heavy atom. The van der Waals surface area contributed by atoms with Gasteiger partial charge in [-0.1, -0.05) is 6.07 Å². The van der Waals surface area contributed by atoms with Gasteiger partial charge in [0.05, 0.1) is 11.2 Å². The first-order chi connectivity index (χ1) is 11.0. The van der Waals surface area contributed by atoms with Gasteiger partial charge in [0, 0.05) is 16.8 Å². The quantitative estimate of drug-likeness (QED) is 0.854. The van der Waals surface area contributed by atoms with Crippen LogP contribution in [0.15, 0.2) is 30.3 Å². The number of rotatable bonds is 3. The van der Waals surface area contributed by atoms with Gasteiger partial charge in [0.1, 0.15) is 5.82 Å². The third-order valence-electron chi connectivity index (χ3n) is 4.57. The Morgan fingerprint density at radius 2 is 2.00 bits per heavy atom. The number of benzene rings is 2. The smallest absolute Gasteiger partial charge is 0.252 e. The van der Waals surface area contributed by atoms with Crippen LogP contribution in [0.25, 0.3) is 0 Å². The molecule has 1 aliphatic heterocycles. The molecule has 4 rings (SSSR count). The van der Waals surface area contributed by atoms with E-state index in [4.69, 9.17) is 0 Å². The van der Waals surface area contributed by atoms with Crippen LogP contribution in [0.3, 0.4) is 0 Å². The summed E-state index contributed by atoms with van der Waals surface area (Å²) >= 11 is 0. The maximum absolute atomic E-state index is 14.0. The van der Waals surface area contributed by atoms with Crippen LogP contribution >= 0.6 is 0 Å². The van der Waals surface area contributed by atoms with Gasteiger partial charge in [0.15, 0.2) is 6.29 Å². The summed E-state index contributed by atoms with van der Waals surface area (Å²) in [5.41, 5.74) is 3.10.